The summed E-state index contributed by atoms with van der Waals surface area (Å²) in [4.78, 5) is -0.167. The van der Waals surface area contributed by atoms with Crippen LogP contribution in [0, 0.1) is 11.7 Å². The van der Waals surface area contributed by atoms with Gasteiger partial charge in [-0.05, 0) is 55.0 Å². The van der Waals surface area contributed by atoms with Gasteiger partial charge in [0, 0.05) is 31.1 Å². The average molecular weight is 593 g/mol. The number of likely N-dealkylation sites (N-methyl/N-ethyl adjacent to an activating group) is 1. The zero-order valence-electron chi connectivity index (χ0n) is 22.7. The lowest BCUT2D eigenvalue weighted by Crippen LogP contribution is -2.50. The van der Waals surface area contributed by atoms with E-state index in [0.29, 0.717) is 11.3 Å². The van der Waals surface area contributed by atoms with Gasteiger partial charge in [-0.2, -0.15) is 8.61 Å². The second kappa shape index (κ2) is 11.8. The molecule has 9 nitrogen and oxygen atoms in total. The van der Waals surface area contributed by atoms with Crippen molar-refractivity contribution in [2.75, 3.05) is 33.9 Å². The lowest BCUT2D eigenvalue weighted by molar-refractivity contribution is 0.0905. The van der Waals surface area contributed by atoms with E-state index in [2.05, 4.69) is 0 Å². The number of halogens is 1. The van der Waals surface area contributed by atoms with E-state index in [1.165, 1.54) is 36.7 Å². The van der Waals surface area contributed by atoms with Gasteiger partial charge in [-0.15, -0.1) is 0 Å². The number of fused-ring (bicyclic) bond motifs is 1. The number of sulfonamides is 2. The van der Waals surface area contributed by atoms with Crippen LogP contribution in [0.1, 0.15) is 13.8 Å². The molecule has 216 valence electrons. The lowest BCUT2D eigenvalue weighted by atomic mass is 10.0. The molecule has 0 amide bonds. The summed E-state index contributed by atoms with van der Waals surface area (Å²) in [5.41, 5.74) is 1.37. The fraction of sp³-hybridized carbons (Fsp3) is 0.357. The first-order chi connectivity index (χ1) is 18.9. The molecular formula is C28H33FN2O7S2. The van der Waals surface area contributed by atoms with E-state index in [0.717, 1.165) is 22.0 Å². The molecule has 3 aromatic carbocycles. The highest BCUT2D eigenvalue weighted by Crippen LogP contribution is 2.39. The van der Waals surface area contributed by atoms with Gasteiger partial charge in [0.05, 0.1) is 25.2 Å². The molecule has 0 saturated carbocycles. The van der Waals surface area contributed by atoms with E-state index < -0.39 is 50.5 Å². The number of rotatable bonds is 8. The predicted octanol–water partition coefficient (Wildman–Crippen LogP) is 3.59. The summed E-state index contributed by atoms with van der Waals surface area (Å²) in [5.74, 6) is -0.387. The summed E-state index contributed by atoms with van der Waals surface area (Å²) in [5, 5.41) is 9.86. The minimum Gasteiger partial charge on any atom is -0.496 e. The van der Waals surface area contributed by atoms with Crippen LogP contribution in [0.3, 0.4) is 0 Å². The molecule has 0 aliphatic carbocycles. The van der Waals surface area contributed by atoms with Crippen molar-refractivity contribution in [3.05, 3.63) is 72.5 Å². The number of hydrogen-bond acceptors (Lipinski definition) is 7. The first-order valence-electron chi connectivity index (χ1n) is 12.7. The Morgan fingerprint density at radius 3 is 2.48 bits per heavy atom. The van der Waals surface area contributed by atoms with E-state index in [4.69, 9.17) is 9.47 Å². The first kappa shape index (κ1) is 29.9. The van der Waals surface area contributed by atoms with Gasteiger partial charge in [0.25, 0.3) is 0 Å². The van der Waals surface area contributed by atoms with Crippen molar-refractivity contribution in [2.45, 2.75) is 35.8 Å². The van der Waals surface area contributed by atoms with E-state index in [-0.39, 0.29) is 28.6 Å². The van der Waals surface area contributed by atoms with Gasteiger partial charge < -0.3 is 14.6 Å². The van der Waals surface area contributed by atoms with Crippen molar-refractivity contribution in [3.8, 4) is 22.6 Å². The molecule has 0 spiro atoms. The summed E-state index contributed by atoms with van der Waals surface area (Å²) in [6, 6.07) is 15.8. The standard InChI is InChI=1S/C28H33FN2O7S2/c1-19-16-31(20(2)18-32)40(35,36)28-14-9-21(24-7-5-6-8-25(24)37-4)15-26(28)38-27(19)17-30(3)39(33,34)23-12-10-22(29)11-13-23/h5-15,19-20,27,32H,16-18H2,1-4H3/t19-,20-,27-/m0/s1. The normalized spacial score (nSPS) is 20.2. The molecule has 3 atom stereocenters. The number of nitrogens with zero attached hydrogens (tertiary/aromatic N) is 2. The first-order valence-corrected chi connectivity index (χ1v) is 15.6. The van der Waals surface area contributed by atoms with Crippen LogP contribution in [0.15, 0.2) is 76.5 Å². The number of benzene rings is 3. The summed E-state index contributed by atoms with van der Waals surface area (Å²) < 4.78 is 81.6. The van der Waals surface area contributed by atoms with Crippen molar-refractivity contribution in [1.29, 1.82) is 0 Å². The molecule has 4 rings (SSSR count). The second-order valence-electron chi connectivity index (χ2n) is 9.84. The maximum absolute atomic E-state index is 13.8. The predicted molar refractivity (Wildman–Crippen MR) is 149 cm³/mol. The van der Waals surface area contributed by atoms with Gasteiger partial charge >= 0.3 is 0 Å². The third kappa shape index (κ3) is 5.86. The fourth-order valence-corrected chi connectivity index (χ4v) is 7.64. The van der Waals surface area contributed by atoms with Crippen molar-refractivity contribution >= 4 is 20.0 Å². The Morgan fingerprint density at radius 2 is 1.82 bits per heavy atom. The number of aliphatic hydroxyl groups excluding tert-OH is 1. The van der Waals surface area contributed by atoms with Crippen LogP contribution < -0.4 is 9.47 Å². The SMILES string of the molecule is COc1ccccc1-c1ccc2c(c1)O[C@@H](CN(C)S(=O)(=O)c1ccc(F)cc1)[C@@H](C)CN([C@@H](C)CO)S2(=O)=O. The topological polar surface area (TPSA) is 113 Å². The monoisotopic (exact) mass is 592 g/mol. The Kier molecular flexibility index (Phi) is 8.86. The Hall–Kier alpha value is -3.03. The number of aliphatic hydroxyl groups is 1. The molecule has 3 aromatic rings. The summed E-state index contributed by atoms with van der Waals surface area (Å²) in [6.45, 7) is 2.86. The molecule has 1 heterocycles. The Labute approximate surface area is 234 Å². The number of ether oxygens (including phenoxy) is 2. The number of methoxy groups -OCH3 is 1. The molecule has 0 bridgehead atoms. The summed E-state index contributed by atoms with van der Waals surface area (Å²) in [7, 11) is -5.14. The van der Waals surface area contributed by atoms with Gasteiger partial charge in [-0.1, -0.05) is 31.2 Å². The minimum atomic E-state index is -4.08. The molecular weight excluding hydrogens is 559 g/mol. The third-order valence-corrected chi connectivity index (χ3v) is 10.9. The zero-order valence-corrected chi connectivity index (χ0v) is 24.3. The van der Waals surface area contributed by atoms with Gasteiger partial charge in [0.1, 0.15) is 28.3 Å². The molecule has 0 fully saturated rings. The van der Waals surface area contributed by atoms with Crippen molar-refractivity contribution in [1.82, 2.24) is 8.61 Å². The summed E-state index contributed by atoms with van der Waals surface area (Å²) >= 11 is 0. The third-order valence-electron chi connectivity index (χ3n) is 7.04. The lowest BCUT2D eigenvalue weighted by Gasteiger charge is -2.37. The van der Waals surface area contributed by atoms with E-state index in [1.54, 1.807) is 32.0 Å². The number of para-hydroxylation sites is 1. The van der Waals surface area contributed by atoms with Gasteiger partial charge in [0.2, 0.25) is 20.0 Å². The van der Waals surface area contributed by atoms with Crippen LogP contribution in [-0.2, 0) is 20.0 Å². The van der Waals surface area contributed by atoms with Gasteiger partial charge in [-0.3, -0.25) is 0 Å². The quantitative estimate of drug-likeness (QED) is 0.425. The van der Waals surface area contributed by atoms with Gasteiger partial charge in [0.15, 0.2) is 0 Å². The van der Waals surface area contributed by atoms with E-state index >= 15 is 0 Å². The van der Waals surface area contributed by atoms with Gasteiger partial charge in [-0.25, -0.2) is 21.2 Å². The maximum Gasteiger partial charge on any atom is 0.247 e. The van der Waals surface area contributed by atoms with Crippen LogP contribution in [0.25, 0.3) is 11.1 Å². The van der Waals surface area contributed by atoms with Crippen LogP contribution in [0.2, 0.25) is 0 Å². The molecule has 0 aromatic heterocycles. The van der Waals surface area contributed by atoms with Crippen LogP contribution >= 0.6 is 0 Å². The zero-order chi connectivity index (χ0) is 29.2. The molecule has 1 N–H and O–H groups in total. The Bertz CT molecular complexity index is 1560. The maximum atomic E-state index is 13.8. The summed E-state index contributed by atoms with van der Waals surface area (Å²) in [6.07, 6.45) is -0.768. The molecule has 0 unspecified atom stereocenters. The highest BCUT2D eigenvalue weighted by atomic mass is 32.2. The van der Waals surface area contributed by atoms with E-state index in [1.807, 2.05) is 18.2 Å². The van der Waals surface area contributed by atoms with Crippen molar-refractivity contribution in [3.63, 3.8) is 0 Å². The fourth-order valence-electron chi connectivity index (χ4n) is 4.63. The van der Waals surface area contributed by atoms with Crippen LogP contribution in [-0.4, -0.2) is 76.6 Å². The highest BCUT2D eigenvalue weighted by molar-refractivity contribution is 7.89. The molecule has 1 aliphatic heterocycles. The average Bonchev–Trinajstić information content (AvgIpc) is 2.94. The van der Waals surface area contributed by atoms with Crippen molar-refractivity contribution in [2.24, 2.45) is 5.92 Å². The molecule has 1 aliphatic rings. The Balaban J connectivity index is 1.79. The largest absolute Gasteiger partial charge is 0.496 e. The molecule has 0 saturated heterocycles. The number of hydrogen-bond donors (Lipinski definition) is 1. The molecule has 0 radical (unpaired) electrons. The smallest absolute Gasteiger partial charge is 0.247 e. The Morgan fingerprint density at radius 1 is 1.15 bits per heavy atom. The molecule has 12 heteroatoms. The van der Waals surface area contributed by atoms with Crippen LogP contribution in [0.5, 0.6) is 11.5 Å². The minimum absolute atomic E-state index is 0.00708. The highest BCUT2D eigenvalue weighted by Gasteiger charge is 2.39. The molecule has 40 heavy (non-hydrogen) atoms. The van der Waals surface area contributed by atoms with E-state index in [9.17, 15) is 26.3 Å². The van der Waals surface area contributed by atoms with Crippen molar-refractivity contribution < 1.29 is 35.8 Å². The second-order valence-corrected chi connectivity index (χ2v) is 13.7. The van der Waals surface area contributed by atoms with Crippen LogP contribution in [0.4, 0.5) is 4.39 Å².